The van der Waals surface area contributed by atoms with Crippen molar-refractivity contribution < 1.29 is 13.5 Å². The van der Waals surface area contributed by atoms with Crippen LogP contribution in [0.1, 0.15) is 46.0 Å². The SMILES string of the molecule is CCCCN(CCCC)CCCOc1ccc2nc3c(oc4ccc(F)cc43)c(NCCN)c2c1. The lowest BCUT2D eigenvalue weighted by atomic mass is 10.1. The maximum absolute atomic E-state index is 13.9. The lowest BCUT2D eigenvalue weighted by Crippen LogP contribution is -2.28. The minimum Gasteiger partial charge on any atom is -0.494 e. The van der Waals surface area contributed by atoms with E-state index in [0.717, 1.165) is 48.4 Å². The van der Waals surface area contributed by atoms with Crippen molar-refractivity contribution in [3.63, 3.8) is 0 Å². The summed E-state index contributed by atoms with van der Waals surface area (Å²) in [6.45, 7) is 9.56. The average Bonchev–Trinajstić information content (AvgIpc) is 3.23. The quantitative estimate of drug-likeness (QED) is 0.206. The number of hydrogen-bond donors (Lipinski definition) is 2. The second-order valence-electron chi connectivity index (χ2n) is 9.05. The normalized spacial score (nSPS) is 11.8. The molecule has 0 aliphatic rings. The number of benzene rings is 2. The zero-order valence-electron chi connectivity index (χ0n) is 20.9. The number of furan rings is 1. The van der Waals surface area contributed by atoms with E-state index in [0.29, 0.717) is 41.8 Å². The van der Waals surface area contributed by atoms with Crippen molar-refractivity contribution in [1.82, 2.24) is 9.88 Å². The highest BCUT2D eigenvalue weighted by Gasteiger charge is 2.17. The highest BCUT2D eigenvalue weighted by Crippen LogP contribution is 2.38. The van der Waals surface area contributed by atoms with E-state index in [1.165, 1.54) is 37.8 Å². The van der Waals surface area contributed by atoms with E-state index in [-0.39, 0.29) is 5.82 Å². The molecule has 4 rings (SSSR count). The molecule has 0 amide bonds. The third-order valence-corrected chi connectivity index (χ3v) is 6.31. The Bertz CT molecular complexity index is 1250. The number of anilines is 1. The van der Waals surface area contributed by atoms with E-state index in [9.17, 15) is 4.39 Å². The van der Waals surface area contributed by atoms with Crippen LogP contribution < -0.4 is 15.8 Å². The van der Waals surface area contributed by atoms with Gasteiger partial charge < -0.3 is 25.1 Å². The fourth-order valence-corrected chi connectivity index (χ4v) is 4.43. The fourth-order valence-electron chi connectivity index (χ4n) is 4.43. The van der Waals surface area contributed by atoms with Crippen LogP contribution in [0.2, 0.25) is 0 Å². The average molecular weight is 481 g/mol. The molecule has 0 unspecified atom stereocenters. The number of nitrogens with zero attached hydrogens (tertiary/aromatic N) is 2. The number of unbranched alkanes of at least 4 members (excludes halogenated alkanes) is 2. The molecule has 0 radical (unpaired) electrons. The molecule has 0 fully saturated rings. The van der Waals surface area contributed by atoms with Crippen LogP contribution in [0.5, 0.6) is 5.75 Å². The molecule has 3 N–H and O–H groups in total. The maximum atomic E-state index is 13.9. The number of fused-ring (bicyclic) bond motifs is 4. The molecule has 4 aromatic rings. The Morgan fingerprint density at radius 2 is 1.77 bits per heavy atom. The summed E-state index contributed by atoms with van der Waals surface area (Å²) in [5, 5.41) is 4.95. The van der Waals surface area contributed by atoms with Gasteiger partial charge in [0.25, 0.3) is 0 Å². The Balaban J connectivity index is 1.55. The van der Waals surface area contributed by atoms with Gasteiger partial charge in [-0.15, -0.1) is 0 Å². The van der Waals surface area contributed by atoms with Crippen LogP contribution in [-0.2, 0) is 0 Å². The van der Waals surface area contributed by atoms with Crippen LogP contribution in [0.15, 0.2) is 40.8 Å². The summed E-state index contributed by atoms with van der Waals surface area (Å²) in [6, 6.07) is 10.4. The van der Waals surface area contributed by atoms with Gasteiger partial charge in [0.05, 0.1) is 17.8 Å². The van der Waals surface area contributed by atoms with Gasteiger partial charge in [0.15, 0.2) is 5.58 Å². The minimum atomic E-state index is -0.315. The number of ether oxygens (including phenoxy) is 1. The minimum absolute atomic E-state index is 0.315. The highest BCUT2D eigenvalue weighted by atomic mass is 19.1. The van der Waals surface area contributed by atoms with E-state index in [1.54, 1.807) is 6.07 Å². The predicted octanol–water partition coefficient (Wildman–Crippen LogP) is 6.32. The largest absolute Gasteiger partial charge is 0.494 e. The van der Waals surface area contributed by atoms with E-state index >= 15 is 0 Å². The smallest absolute Gasteiger partial charge is 0.177 e. The van der Waals surface area contributed by atoms with E-state index in [2.05, 4.69) is 24.1 Å². The number of halogens is 1. The standard InChI is InChI=1S/C28H37FN4O2/c1-3-5-14-33(15-6-4-2)16-7-17-34-21-9-10-24-22(19-21)26(31-13-12-30)28-27(32-24)23-18-20(29)8-11-25(23)35-28/h8-11,18-19H,3-7,12-17,30H2,1-2H3,(H,31,32). The zero-order valence-corrected chi connectivity index (χ0v) is 20.9. The van der Waals surface area contributed by atoms with E-state index < -0.39 is 0 Å². The summed E-state index contributed by atoms with van der Waals surface area (Å²) in [6.07, 6.45) is 5.90. The van der Waals surface area contributed by atoms with Crippen LogP contribution >= 0.6 is 0 Å². The molecule has 2 aromatic heterocycles. The van der Waals surface area contributed by atoms with Gasteiger partial charge in [-0.05, 0) is 68.8 Å². The molecule has 0 saturated carbocycles. The Labute approximate surface area is 206 Å². The van der Waals surface area contributed by atoms with Gasteiger partial charge in [0.2, 0.25) is 0 Å². The topological polar surface area (TPSA) is 76.5 Å². The van der Waals surface area contributed by atoms with Gasteiger partial charge in [-0.3, -0.25) is 0 Å². The summed E-state index contributed by atoms with van der Waals surface area (Å²) in [5.74, 6) is 0.482. The predicted molar refractivity (Wildman–Crippen MR) is 143 cm³/mol. The Hall–Kier alpha value is -2.90. The van der Waals surface area contributed by atoms with Crippen molar-refractivity contribution in [3.8, 4) is 5.75 Å². The lowest BCUT2D eigenvalue weighted by Gasteiger charge is -2.22. The molecule has 2 aromatic carbocycles. The first-order valence-electron chi connectivity index (χ1n) is 12.9. The zero-order chi connectivity index (χ0) is 24.6. The van der Waals surface area contributed by atoms with E-state index in [1.807, 2.05) is 18.2 Å². The first-order chi connectivity index (χ1) is 17.1. The maximum Gasteiger partial charge on any atom is 0.177 e. The number of nitrogens with one attached hydrogen (secondary N) is 1. The van der Waals surface area contributed by atoms with Crippen LogP contribution in [0.4, 0.5) is 10.1 Å². The molecule has 0 aliphatic heterocycles. The molecule has 0 saturated heterocycles. The molecule has 0 aliphatic carbocycles. The van der Waals surface area contributed by atoms with Crippen molar-refractivity contribution in [2.24, 2.45) is 5.73 Å². The van der Waals surface area contributed by atoms with Gasteiger partial charge in [-0.25, -0.2) is 9.37 Å². The van der Waals surface area contributed by atoms with Crippen LogP contribution in [0.25, 0.3) is 33.0 Å². The highest BCUT2D eigenvalue weighted by molar-refractivity contribution is 6.14. The molecule has 2 heterocycles. The van der Waals surface area contributed by atoms with Crippen LogP contribution in [0, 0.1) is 5.82 Å². The first kappa shape index (κ1) is 25.2. The third-order valence-electron chi connectivity index (χ3n) is 6.31. The number of nitrogens with two attached hydrogens (primary N) is 1. The Kier molecular flexibility index (Phi) is 8.77. The molecule has 35 heavy (non-hydrogen) atoms. The Morgan fingerprint density at radius 3 is 2.51 bits per heavy atom. The second kappa shape index (κ2) is 12.2. The van der Waals surface area contributed by atoms with Gasteiger partial charge >= 0.3 is 0 Å². The van der Waals surface area contributed by atoms with Crippen molar-refractivity contribution in [3.05, 3.63) is 42.2 Å². The molecular weight excluding hydrogens is 443 g/mol. The summed E-state index contributed by atoms with van der Waals surface area (Å²) < 4.78 is 26.1. The third kappa shape index (κ3) is 6.03. The van der Waals surface area contributed by atoms with Crippen LogP contribution in [-0.4, -0.2) is 49.2 Å². The molecule has 0 spiro atoms. The number of aromatic nitrogens is 1. The molecule has 7 heteroatoms. The summed E-state index contributed by atoms with van der Waals surface area (Å²) in [7, 11) is 0. The van der Waals surface area contributed by atoms with Gasteiger partial charge in [0.1, 0.15) is 22.7 Å². The monoisotopic (exact) mass is 480 g/mol. The lowest BCUT2D eigenvalue weighted by molar-refractivity contribution is 0.229. The summed E-state index contributed by atoms with van der Waals surface area (Å²) in [4.78, 5) is 7.35. The molecule has 0 bridgehead atoms. The van der Waals surface area contributed by atoms with Gasteiger partial charge in [-0.2, -0.15) is 0 Å². The molecule has 188 valence electrons. The fraction of sp³-hybridized carbons (Fsp3) is 0.464. The van der Waals surface area contributed by atoms with Crippen molar-refractivity contribution in [2.45, 2.75) is 46.0 Å². The van der Waals surface area contributed by atoms with Gasteiger partial charge in [0, 0.05) is 30.4 Å². The van der Waals surface area contributed by atoms with E-state index in [4.69, 9.17) is 19.9 Å². The second-order valence-corrected chi connectivity index (χ2v) is 9.05. The Morgan fingerprint density at radius 1 is 1.00 bits per heavy atom. The van der Waals surface area contributed by atoms with Crippen LogP contribution in [0.3, 0.4) is 0 Å². The number of hydrogen-bond acceptors (Lipinski definition) is 6. The molecular formula is C28H37FN4O2. The first-order valence-corrected chi connectivity index (χ1v) is 12.9. The summed E-state index contributed by atoms with van der Waals surface area (Å²) in [5.41, 5.74) is 9.22. The van der Waals surface area contributed by atoms with Gasteiger partial charge in [-0.1, -0.05) is 26.7 Å². The number of pyridine rings is 1. The number of rotatable bonds is 14. The van der Waals surface area contributed by atoms with Crippen molar-refractivity contribution in [2.75, 3.05) is 44.6 Å². The molecule has 6 nitrogen and oxygen atoms in total. The van der Waals surface area contributed by atoms with Crippen molar-refractivity contribution in [1.29, 1.82) is 0 Å². The van der Waals surface area contributed by atoms with Crippen molar-refractivity contribution >= 4 is 38.7 Å². The molecule has 0 atom stereocenters. The summed E-state index contributed by atoms with van der Waals surface area (Å²) >= 11 is 0.